The fourth-order valence-electron chi connectivity index (χ4n) is 2.37. The molecule has 0 aliphatic heterocycles. The molecule has 0 unspecified atom stereocenters. The third-order valence-corrected chi connectivity index (χ3v) is 3.58. The molecule has 0 aliphatic rings. The lowest BCUT2D eigenvalue weighted by molar-refractivity contribution is 0.410. The maximum absolute atomic E-state index is 8.97. The third-order valence-electron chi connectivity index (χ3n) is 3.58. The number of hydrogen-bond donors (Lipinski definition) is 2. The smallest absolute Gasteiger partial charge is 0.135 e. The Morgan fingerprint density at radius 2 is 1.88 bits per heavy atom. The molecule has 0 amide bonds. The maximum atomic E-state index is 8.97. The van der Waals surface area contributed by atoms with E-state index in [-0.39, 0.29) is 0 Å². The van der Waals surface area contributed by atoms with E-state index < -0.39 is 0 Å². The Balaban J connectivity index is 1.70. The second-order valence-corrected chi connectivity index (χ2v) is 5.27. The number of methoxy groups -OCH3 is 1. The van der Waals surface area contributed by atoms with Crippen LogP contribution in [-0.4, -0.2) is 17.1 Å². The summed E-state index contributed by atoms with van der Waals surface area (Å²) in [6.07, 6.45) is 1.49. The monoisotopic (exact) mass is 331 g/mol. The van der Waals surface area contributed by atoms with Crippen LogP contribution >= 0.6 is 0 Å². The predicted octanol–water partition coefficient (Wildman–Crippen LogP) is 3.71. The van der Waals surface area contributed by atoms with Gasteiger partial charge in [-0.05, 0) is 24.3 Å². The number of ether oxygens (including phenoxy) is 1. The molecule has 2 N–H and O–H groups in total. The fourth-order valence-corrected chi connectivity index (χ4v) is 2.37. The zero-order valence-electron chi connectivity index (χ0n) is 13.7. The zero-order chi connectivity index (χ0) is 17.5. The van der Waals surface area contributed by atoms with Gasteiger partial charge in [-0.25, -0.2) is 9.97 Å². The topological polar surface area (TPSA) is 82.9 Å². The van der Waals surface area contributed by atoms with Gasteiger partial charge >= 0.3 is 0 Å². The Labute approximate surface area is 146 Å². The molecule has 3 aromatic rings. The molecule has 0 saturated heterocycles. The summed E-state index contributed by atoms with van der Waals surface area (Å²) < 4.78 is 5.35. The number of hydrogen-bond acceptors (Lipinski definition) is 6. The number of para-hydroxylation sites is 1. The highest BCUT2D eigenvalue weighted by molar-refractivity contribution is 5.60. The molecule has 0 fully saturated rings. The van der Waals surface area contributed by atoms with Crippen molar-refractivity contribution in [1.29, 1.82) is 5.26 Å². The summed E-state index contributed by atoms with van der Waals surface area (Å²) in [5.74, 6) is 2.17. The van der Waals surface area contributed by atoms with Crippen LogP contribution in [0.2, 0.25) is 0 Å². The summed E-state index contributed by atoms with van der Waals surface area (Å²) in [5.41, 5.74) is 2.43. The number of aromatic nitrogens is 2. The van der Waals surface area contributed by atoms with Gasteiger partial charge in [0.1, 0.15) is 23.7 Å². The van der Waals surface area contributed by atoms with Gasteiger partial charge in [0.2, 0.25) is 0 Å². The molecule has 25 heavy (non-hydrogen) atoms. The standard InChI is InChI=1S/C19H17N5O/c1-25-17-8-3-2-6-15(17)12-21-18-10-19(23-13-22-18)24-16-7-4-5-14(9-16)11-20/h2-10,13H,12H2,1H3,(H2,21,22,23,24). The Morgan fingerprint density at radius 1 is 1.04 bits per heavy atom. The highest BCUT2D eigenvalue weighted by Crippen LogP contribution is 2.20. The first kappa shape index (κ1) is 16.3. The van der Waals surface area contributed by atoms with E-state index in [0.717, 1.165) is 17.0 Å². The number of nitrogens with one attached hydrogen (secondary N) is 2. The molecule has 0 radical (unpaired) electrons. The van der Waals surface area contributed by atoms with Crippen molar-refractivity contribution in [1.82, 2.24) is 9.97 Å². The molecule has 0 aliphatic carbocycles. The quantitative estimate of drug-likeness (QED) is 0.716. The van der Waals surface area contributed by atoms with Crippen LogP contribution in [0, 0.1) is 11.3 Å². The van der Waals surface area contributed by atoms with Crippen LogP contribution in [0.25, 0.3) is 0 Å². The Hall–Kier alpha value is -3.59. The second-order valence-electron chi connectivity index (χ2n) is 5.27. The van der Waals surface area contributed by atoms with Crippen LogP contribution in [0.4, 0.5) is 17.3 Å². The van der Waals surface area contributed by atoms with E-state index in [9.17, 15) is 0 Å². The predicted molar refractivity (Wildman–Crippen MR) is 96.8 cm³/mol. The molecule has 1 heterocycles. The number of benzene rings is 2. The molecule has 1 aromatic heterocycles. The summed E-state index contributed by atoms with van der Waals surface area (Å²) in [4.78, 5) is 8.44. The van der Waals surface area contributed by atoms with Crippen molar-refractivity contribution < 1.29 is 4.74 Å². The third kappa shape index (κ3) is 4.24. The van der Waals surface area contributed by atoms with Crippen LogP contribution in [0.1, 0.15) is 11.1 Å². The molecule has 0 atom stereocenters. The maximum Gasteiger partial charge on any atom is 0.135 e. The van der Waals surface area contributed by atoms with Crippen molar-refractivity contribution in [3.05, 3.63) is 72.1 Å². The lowest BCUT2D eigenvalue weighted by Crippen LogP contribution is -2.04. The van der Waals surface area contributed by atoms with E-state index in [1.807, 2.05) is 42.5 Å². The van der Waals surface area contributed by atoms with Gasteiger partial charge in [0, 0.05) is 23.9 Å². The van der Waals surface area contributed by atoms with Crippen LogP contribution in [0.15, 0.2) is 60.9 Å². The van der Waals surface area contributed by atoms with Crippen molar-refractivity contribution in [3.8, 4) is 11.8 Å². The lowest BCUT2D eigenvalue weighted by Gasteiger charge is -2.11. The number of nitrogens with zero attached hydrogens (tertiary/aromatic N) is 3. The van der Waals surface area contributed by atoms with E-state index in [0.29, 0.717) is 23.7 Å². The molecule has 0 bridgehead atoms. The molecule has 0 saturated carbocycles. The molecule has 6 nitrogen and oxygen atoms in total. The van der Waals surface area contributed by atoms with Crippen LogP contribution in [0.3, 0.4) is 0 Å². The summed E-state index contributed by atoms with van der Waals surface area (Å²) in [6.45, 7) is 0.588. The molecule has 6 heteroatoms. The first-order chi connectivity index (χ1) is 12.3. The first-order valence-corrected chi connectivity index (χ1v) is 7.73. The number of nitriles is 1. The lowest BCUT2D eigenvalue weighted by atomic mass is 10.2. The SMILES string of the molecule is COc1ccccc1CNc1cc(Nc2cccc(C#N)c2)ncn1. The number of rotatable bonds is 6. The van der Waals surface area contributed by atoms with Gasteiger partial charge in [-0.15, -0.1) is 0 Å². The Bertz CT molecular complexity index is 904. The fraction of sp³-hybridized carbons (Fsp3) is 0.105. The summed E-state index contributed by atoms with van der Waals surface area (Å²) in [5, 5.41) is 15.4. The molecule has 3 rings (SSSR count). The molecule has 124 valence electrons. The summed E-state index contributed by atoms with van der Waals surface area (Å²) in [7, 11) is 1.65. The summed E-state index contributed by atoms with van der Waals surface area (Å²) >= 11 is 0. The van der Waals surface area contributed by atoms with Gasteiger partial charge in [-0.1, -0.05) is 24.3 Å². The van der Waals surface area contributed by atoms with Gasteiger partial charge in [-0.3, -0.25) is 0 Å². The van der Waals surface area contributed by atoms with Gasteiger partial charge < -0.3 is 15.4 Å². The minimum atomic E-state index is 0.588. The van der Waals surface area contributed by atoms with E-state index >= 15 is 0 Å². The van der Waals surface area contributed by atoms with Gasteiger partial charge in [0.15, 0.2) is 0 Å². The van der Waals surface area contributed by atoms with Gasteiger partial charge in [0.25, 0.3) is 0 Å². The average Bonchev–Trinajstić information content (AvgIpc) is 2.67. The van der Waals surface area contributed by atoms with Crippen LogP contribution in [-0.2, 0) is 6.54 Å². The van der Waals surface area contributed by atoms with Crippen LogP contribution < -0.4 is 15.4 Å². The van der Waals surface area contributed by atoms with Crippen molar-refractivity contribution in [3.63, 3.8) is 0 Å². The highest BCUT2D eigenvalue weighted by atomic mass is 16.5. The minimum absolute atomic E-state index is 0.588. The van der Waals surface area contributed by atoms with Gasteiger partial charge in [-0.2, -0.15) is 5.26 Å². The number of anilines is 3. The normalized spacial score (nSPS) is 9.92. The second kappa shape index (κ2) is 7.79. The van der Waals surface area contributed by atoms with E-state index in [4.69, 9.17) is 10.00 Å². The summed E-state index contributed by atoms with van der Waals surface area (Å²) in [6, 6.07) is 19.0. The van der Waals surface area contributed by atoms with E-state index in [1.165, 1.54) is 6.33 Å². The minimum Gasteiger partial charge on any atom is -0.496 e. The highest BCUT2D eigenvalue weighted by Gasteiger charge is 2.04. The average molecular weight is 331 g/mol. The molecular weight excluding hydrogens is 314 g/mol. The Morgan fingerprint density at radius 3 is 2.72 bits per heavy atom. The van der Waals surface area contributed by atoms with Gasteiger partial charge in [0.05, 0.1) is 18.7 Å². The largest absolute Gasteiger partial charge is 0.496 e. The first-order valence-electron chi connectivity index (χ1n) is 7.73. The van der Waals surface area contributed by atoms with Crippen molar-refractivity contribution in [2.45, 2.75) is 6.54 Å². The Kier molecular flexibility index (Phi) is 5.07. The molecule has 0 spiro atoms. The molecular formula is C19H17N5O. The van der Waals surface area contributed by atoms with E-state index in [1.54, 1.807) is 19.2 Å². The van der Waals surface area contributed by atoms with Crippen LogP contribution in [0.5, 0.6) is 5.75 Å². The van der Waals surface area contributed by atoms with Crippen molar-refractivity contribution >= 4 is 17.3 Å². The zero-order valence-corrected chi connectivity index (χ0v) is 13.7. The van der Waals surface area contributed by atoms with Crippen molar-refractivity contribution in [2.24, 2.45) is 0 Å². The van der Waals surface area contributed by atoms with E-state index in [2.05, 4.69) is 26.7 Å². The van der Waals surface area contributed by atoms with Crippen molar-refractivity contribution in [2.75, 3.05) is 17.7 Å². The molecule has 2 aromatic carbocycles.